The monoisotopic (exact) mass is 190 g/mol. The van der Waals surface area contributed by atoms with Crippen molar-refractivity contribution in [2.45, 2.75) is 20.3 Å². The molecular formula is C12H14O2. The van der Waals surface area contributed by atoms with Gasteiger partial charge in [0.25, 0.3) is 0 Å². The summed E-state index contributed by atoms with van der Waals surface area (Å²) in [5.41, 5.74) is 2.18. The van der Waals surface area contributed by atoms with Crippen LogP contribution in [0.2, 0.25) is 0 Å². The second-order valence-corrected chi connectivity index (χ2v) is 3.30. The molecule has 0 unspecified atom stereocenters. The van der Waals surface area contributed by atoms with Gasteiger partial charge in [-0.05, 0) is 31.9 Å². The maximum Gasteiger partial charge on any atom is 0.160 e. The van der Waals surface area contributed by atoms with Crippen LogP contribution in [0.25, 0.3) is 0 Å². The minimum atomic E-state index is -0.0183. The quantitative estimate of drug-likeness (QED) is 0.587. The lowest BCUT2D eigenvalue weighted by atomic mass is 9.96. The number of carbonyl (C=O) groups excluding carboxylic acids is 1. The van der Waals surface area contributed by atoms with Crippen LogP contribution in [0.3, 0.4) is 0 Å². The number of rotatable bonds is 3. The number of aromatic hydroxyl groups is 1. The minimum Gasteiger partial charge on any atom is -0.508 e. The number of aryl methyl sites for hydroxylation is 1. The van der Waals surface area contributed by atoms with E-state index < -0.39 is 0 Å². The van der Waals surface area contributed by atoms with Gasteiger partial charge in [0, 0.05) is 11.1 Å². The van der Waals surface area contributed by atoms with E-state index in [2.05, 4.69) is 6.58 Å². The van der Waals surface area contributed by atoms with Crippen LogP contribution in [-0.4, -0.2) is 10.9 Å². The van der Waals surface area contributed by atoms with Gasteiger partial charge in [-0.1, -0.05) is 12.1 Å². The number of carbonyl (C=O) groups is 1. The predicted molar refractivity (Wildman–Crippen MR) is 56.7 cm³/mol. The Labute approximate surface area is 83.9 Å². The third-order valence-electron chi connectivity index (χ3n) is 2.20. The van der Waals surface area contributed by atoms with Gasteiger partial charge in [-0.15, -0.1) is 6.58 Å². The number of phenols is 1. The van der Waals surface area contributed by atoms with E-state index in [1.807, 2.05) is 6.92 Å². The highest BCUT2D eigenvalue weighted by atomic mass is 16.3. The van der Waals surface area contributed by atoms with Gasteiger partial charge >= 0.3 is 0 Å². The Balaban J connectivity index is 3.40. The molecule has 0 aliphatic carbocycles. The molecule has 74 valence electrons. The summed E-state index contributed by atoms with van der Waals surface area (Å²) in [5.74, 6) is 0.149. The minimum absolute atomic E-state index is 0.0183. The molecule has 0 spiro atoms. The fourth-order valence-electron chi connectivity index (χ4n) is 1.60. The van der Waals surface area contributed by atoms with Crippen molar-refractivity contribution in [3.05, 3.63) is 41.5 Å². The fourth-order valence-corrected chi connectivity index (χ4v) is 1.60. The van der Waals surface area contributed by atoms with E-state index in [1.54, 1.807) is 18.2 Å². The van der Waals surface area contributed by atoms with Gasteiger partial charge in [0.05, 0.1) is 0 Å². The summed E-state index contributed by atoms with van der Waals surface area (Å²) in [6.45, 7) is 6.98. The molecule has 0 aliphatic heterocycles. The van der Waals surface area contributed by atoms with Gasteiger partial charge in [-0.3, -0.25) is 4.79 Å². The van der Waals surface area contributed by atoms with Crippen molar-refractivity contribution in [1.29, 1.82) is 0 Å². The molecule has 14 heavy (non-hydrogen) atoms. The molecule has 0 heterocycles. The zero-order chi connectivity index (χ0) is 10.7. The molecule has 2 nitrogen and oxygen atoms in total. The first-order chi connectivity index (χ1) is 6.57. The van der Waals surface area contributed by atoms with E-state index in [9.17, 15) is 9.90 Å². The second kappa shape index (κ2) is 4.09. The van der Waals surface area contributed by atoms with E-state index in [1.165, 1.54) is 6.92 Å². The third kappa shape index (κ3) is 1.84. The average molecular weight is 190 g/mol. The molecule has 2 heteroatoms. The molecule has 0 amide bonds. The van der Waals surface area contributed by atoms with Crippen LogP contribution in [0.5, 0.6) is 5.75 Å². The SMILES string of the molecule is C=CCc1c(O)ccc(C)c1C(C)=O. The average Bonchev–Trinajstić information content (AvgIpc) is 2.11. The Morgan fingerprint density at radius 3 is 2.71 bits per heavy atom. The van der Waals surface area contributed by atoms with Gasteiger partial charge in [0.15, 0.2) is 5.78 Å². The maximum absolute atomic E-state index is 11.4. The Morgan fingerprint density at radius 2 is 2.21 bits per heavy atom. The maximum atomic E-state index is 11.4. The highest BCUT2D eigenvalue weighted by Crippen LogP contribution is 2.25. The van der Waals surface area contributed by atoms with Crippen LogP contribution >= 0.6 is 0 Å². The number of phenolic OH excluding ortho intramolecular Hbond substituents is 1. The van der Waals surface area contributed by atoms with Crippen LogP contribution in [0, 0.1) is 6.92 Å². The molecular weight excluding hydrogens is 176 g/mol. The number of benzene rings is 1. The fraction of sp³-hybridized carbons (Fsp3) is 0.250. The summed E-state index contributed by atoms with van der Waals surface area (Å²) in [4.78, 5) is 11.4. The standard InChI is InChI=1S/C12H14O2/c1-4-5-10-11(14)7-6-8(2)12(10)9(3)13/h4,6-7,14H,1,5H2,2-3H3. The van der Waals surface area contributed by atoms with Gasteiger partial charge in [0.2, 0.25) is 0 Å². The first-order valence-corrected chi connectivity index (χ1v) is 4.51. The second-order valence-electron chi connectivity index (χ2n) is 3.30. The van der Waals surface area contributed by atoms with Crippen molar-refractivity contribution < 1.29 is 9.90 Å². The topological polar surface area (TPSA) is 37.3 Å². The Morgan fingerprint density at radius 1 is 1.57 bits per heavy atom. The molecule has 0 fully saturated rings. The first-order valence-electron chi connectivity index (χ1n) is 4.51. The molecule has 0 aliphatic rings. The van der Waals surface area contributed by atoms with Crippen LogP contribution in [-0.2, 0) is 6.42 Å². The lowest BCUT2D eigenvalue weighted by molar-refractivity contribution is 0.101. The Hall–Kier alpha value is -1.57. The third-order valence-corrected chi connectivity index (χ3v) is 2.20. The van der Waals surface area contributed by atoms with Crippen LogP contribution in [0.4, 0.5) is 0 Å². The number of hydrogen-bond donors (Lipinski definition) is 1. The smallest absolute Gasteiger partial charge is 0.160 e. The number of allylic oxidation sites excluding steroid dienone is 1. The molecule has 0 saturated heterocycles. The van der Waals surface area contributed by atoms with E-state index in [4.69, 9.17) is 0 Å². The van der Waals surface area contributed by atoms with Gasteiger partial charge in [-0.25, -0.2) is 0 Å². The molecule has 0 aromatic heterocycles. The molecule has 0 atom stereocenters. The first kappa shape index (κ1) is 10.5. The van der Waals surface area contributed by atoms with Crippen LogP contribution < -0.4 is 0 Å². The van der Waals surface area contributed by atoms with E-state index in [0.29, 0.717) is 17.5 Å². The number of hydrogen-bond acceptors (Lipinski definition) is 2. The molecule has 1 rings (SSSR count). The predicted octanol–water partition coefficient (Wildman–Crippen LogP) is 2.63. The van der Waals surface area contributed by atoms with E-state index in [0.717, 1.165) is 5.56 Å². The van der Waals surface area contributed by atoms with Crippen molar-refractivity contribution in [2.75, 3.05) is 0 Å². The highest BCUT2D eigenvalue weighted by Gasteiger charge is 2.12. The molecule has 0 radical (unpaired) electrons. The number of Topliss-reactive ketones (excluding diaryl/α,β-unsaturated/α-hetero) is 1. The molecule has 1 N–H and O–H groups in total. The van der Waals surface area contributed by atoms with E-state index in [-0.39, 0.29) is 11.5 Å². The summed E-state index contributed by atoms with van der Waals surface area (Å²) in [7, 11) is 0. The van der Waals surface area contributed by atoms with Crippen molar-refractivity contribution in [1.82, 2.24) is 0 Å². The van der Waals surface area contributed by atoms with Crippen molar-refractivity contribution in [3.8, 4) is 5.75 Å². The Kier molecular flexibility index (Phi) is 3.07. The van der Waals surface area contributed by atoms with Crippen molar-refractivity contribution in [3.63, 3.8) is 0 Å². The summed E-state index contributed by atoms with van der Waals surface area (Å²) in [6, 6.07) is 3.36. The lowest BCUT2D eigenvalue weighted by Crippen LogP contribution is -2.02. The molecule has 0 saturated carbocycles. The molecule has 1 aromatic rings. The van der Waals surface area contributed by atoms with Crippen molar-refractivity contribution >= 4 is 5.78 Å². The van der Waals surface area contributed by atoms with Crippen molar-refractivity contribution in [2.24, 2.45) is 0 Å². The summed E-state index contributed by atoms with van der Waals surface area (Å²) >= 11 is 0. The lowest BCUT2D eigenvalue weighted by Gasteiger charge is -2.10. The summed E-state index contributed by atoms with van der Waals surface area (Å²) < 4.78 is 0. The zero-order valence-corrected chi connectivity index (χ0v) is 8.50. The van der Waals surface area contributed by atoms with Crippen LogP contribution in [0.15, 0.2) is 24.8 Å². The summed E-state index contributed by atoms with van der Waals surface area (Å²) in [5, 5.41) is 9.60. The van der Waals surface area contributed by atoms with Gasteiger partial charge < -0.3 is 5.11 Å². The Bertz CT molecular complexity index is 378. The molecule has 0 bridgehead atoms. The highest BCUT2D eigenvalue weighted by molar-refractivity contribution is 5.97. The molecule has 1 aromatic carbocycles. The van der Waals surface area contributed by atoms with Gasteiger partial charge in [-0.2, -0.15) is 0 Å². The number of ketones is 1. The van der Waals surface area contributed by atoms with E-state index >= 15 is 0 Å². The zero-order valence-electron chi connectivity index (χ0n) is 8.50. The normalized spacial score (nSPS) is 9.86. The largest absolute Gasteiger partial charge is 0.508 e. The summed E-state index contributed by atoms with van der Waals surface area (Å²) in [6.07, 6.45) is 2.20. The van der Waals surface area contributed by atoms with Crippen LogP contribution in [0.1, 0.15) is 28.4 Å². The van der Waals surface area contributed by atoms with Gasteiger partial charge in [0.1, 0.15) is 5.75 Å².